The molecule has 0 aliphatic carbocycles. The van der Waals surface area contributed by atoms with Crippen LogP contribution in [0.25, 0.3) is 5.52 Å². The summed E-state index contributed by atoms with van der Waals surface area (Å²) < 4.78 is 58.7. The molecule has 2 aromatic rings. The number of ether oxygens (including phenoxy) is 2. The molecule has 0 aromatic carbocycles. The smallest absolute Gasteiger partial charge is 0.388 e. The first kappa shape index (κ1) is 27.8. The van der Waals surface area contributed by atoms with E-state index in [9.17, 15) is 33.9 Å². The highest BCUT2D eigenvalue weighted by Crippen LogP contribution is 2.66. The van der Waals surface area contributed by atoms with Crippen LogP contribution in [0.3, 0.4) is 0 Å². The fraction of sp³-hybridized carbons (Fsp3) is 0.500. The zero-order valence-electron chi connectivity index (χ0n) is 17.8. The quantitative estimate of drug-likeness (QED) is 0.216. The molecular weight excluding hydrogens is 539 g/mol. The number of rotatable bonds is 9. The summed E-state index contributed by atoms with van der Waals surface area (Å²) in [4.78, 5) is 40.0. The first-order valence-electron chi connectivity index (χ1n) is 9.20. The van der Waals surface area contributed by atoms with Gasteiger partial charge in [0.15, 0.2) is 5.82 Å². The number of hydrogen-bond donors (Lipinski definition) is 6. The van der Waals surface area contributed by atoms with Crippen LogP contribution in [0.15, 0.2) is 18.5 Å². The number of nitrogens with zero attached hydrogens (tertiary/aromatic N) is 4. The summed E-state index contributed by atoms with van der Waals surface area (Å²) >= 11 is 0. The van der Waals surface area contributed by atoms with Crippen LogP contribution in [0, 0.1) is 16.7 Å². The van der Waals surface area contributed by atoms with Crippen LogP contribution in [0.1, 0.15) is 12.6 Å². The van der Waals surface area contributed by atoms with Crippen LogP contribution in [0.4, 0.5) is 5.82 Å². The minimum Gasteiger partial charge on any atom is -0.388 e. The largest absolute Gasteiger partial charge is 0.490 e. The molecule has 1 saturated heterocycles. The first-order valence-corrected chi connectivity index (χ1v) is 13.7. The van der Waals surface area contributed by atoms with Crippen LogP contribution in [-0.2, 0) is 42.1 Å². The summed E-state index contributed by atoms with van der Waals surface area (Å²) in [7, 11) is -15.7. The lowest BCUT2D eigenvalue weighted by Crippen LogP contribution is -2.47. The molecular formula is C14H20N5O13P3. The van der Waals surface area contributed by atoms with Gasteiger partial charge in [-0.3, -0.25) is 4.52 Å². The Morgan fingerprint density at radius 3 is 2.46 bits per heavy atom. The van der Waals surface area contributed by atoms with Crippen molar-refractivity contribution in [1.82, 2.24) is 14.6 Å². The van der Waals surface area contributed by atoms with E-state index in [0.29, 0.717) is 5.52 Å². The third kappa shape index (κ3) is 5.19. The molecule has 0 radical (unpaired) electrons. The Morgan fingerprint density at radius 1 is 1.23 bits per heavy atom. The predicted octanol–water partition coefficient (Wildman–Crippen LogP) is -0.256. The van der Waals surface area contributed by atoms with Crippen molar-refractivity contribution in [3.05, 3.63) is 24.2 Å². The Bertz CT molecular complexity index is 1310. The van der Waals surface area contributed by atoms with Crippen molar-refractivity contribution in [3.63, 3.8) is 0 Å². The van der Waals surface area contributed by atoms with Gasteiger partial charge in [0.1, 0.15) is 35.2 Å². The number of methoxy groups -OCH3 is 1. The third-order valence-corrected chi connectivity index (χ3v) is 8.90. The molecule has 35 heavy (non-hydrogen) atoms. The fourth-order valence-electron chi connectivity index (χ4n) is 3.60. The number of aliphatic hydroxyl groups is 1. The van der Waals surface area contributed by atoms with Crippen LogP contribution in [-0.4, -0.2) is 65.2 Å². The number of nitriles is 1. The molecule has 1 aliphatic heterocycles. The normalized spacial score (nSPS) is 30.6. The number of anilines is 1. The van der Waals surface area contributed by atoms with Gasteiger partial charge in [-0.1, -0.05) is 0 Å². The minimum atomic E-state index is -5.76. The van der Waals surface area contributed by atoms with Crippen molar-refractivity contribution in [2.24, 2.45) is 5.41 Å². The SMILES string of the molecule is CO[C@]1(c2ccc3c(N)ncnn23)O[C@@H](COP(=O)(O)OP(=O)(O)OP(=O)(O)O)[C@H](O)[C@]1(C)C#N. The molecule has 1 aliphatic rings. The number of hydrogen-bond acceptors (Lipinski definition) is 13. The number of phosphoric acid groups is 3. The number of phosphoric ester groups is 1. The second kappa shape index (κ2) is 9.25. The van der Waals surface area contributed by atoms with Gasteiger partial charge in [0.25, 0.3) is 0 Å². The molecule has 18 nitrogen and oxygen atoms in total. The molecule has 2 unspecified atom stereocenters. The number of nitrogen functional groups attached to an aromatic ring is 1. The van der Waals surface area contributed by atoms with E-state index in [1.54, 1.807) is 0 Å². The van der Waals surface area contributed by atoms with Gasteiger partial charge in [0, 0.05) is 7.11 Å². The van der Waals surface area contributed by atoms with Crippen molar-refractivity contribution < 1.29 is 61.0 Å². The van der Waals surface area contributed by atoms with Gasteiger partial charge in [0.05, 0.1) is 12.7 Å². The highest BCUT2D eigenvalue weighted by Gasteiger charge is 2.67. The zero-order valence-corrected chi connectivity index (χ0v) is 20.5. The van der Waals surface area contributed by atoms with Crippen LogP contribution < -0.4 is 5.73 Å². The molecule has 0 bridgehead atoms. The number of aromatic nitrogens is 3. The molecule has 3 rings (SSSR count). The lowest BCUT2D eigenvalue weighted by Gasteiger charge is -2.36. The summed E-state index contributed by atoms with van der Waals surface area (Å²) in [5, 5.41) is 24.8. The van der Waals surface area contributed by atoms with Crippen LogP contribution >= 0.6 is 23.5 Å². The Hall–Kier alpha value is -1.80. The zero-order chi connectivity index (χ0) is 26.4. The van der Waals surface area contributed by atoms with Gasteiger partial charge >= 0.3 is 23.5 Å². The highest BCUT2D eigenvalue weighted by molar-refractivity contribution is 7.66. The molecule has 0 amide bonds. The number of nitrogens with two attached hydrogens (primary N) is 1. The second-order valence-corrected chi connectivity index (χ2v) is 11.7. The van der Waals surface area contributed by atoms with Gasteiger partial charge in [0.2, 0.25) is 5.79 Å². The van der Waals surface area contributed by atoms with Crippen molar-refractivity contribution in [2.75, 3.05) is 19.5 Å². The molecule has 194 valence electrons. The first-order chi connectivity index (χ1) is 16.0. The average molecular weight is 559 g/mol. The van der Waals surface area contributed by atoms with E-state index >= 15 is 0 Å². The minimum absolute atomic E-state index is 0.0823. The Balaban J connectivity index is 1.90. The van der Waals surface area contributed by atoms with E-state index in [-0.39, 0.29) is 11.5 Å². The van der Waals surface area contributed by atoms with Crippen LogP contribution in [0.2, 0.25) is 0 Å². The summed E-state index contributed by atoms with van der Waals surface area (Å²) in [6, 6.07) is 4.83. The predicted molar refractivity (Wildman–Crippen MR) is 111 cm³/mol. The molecule has 0 spiro atoms. The summed E-state index contributed by atoms with van der Waals surface area (Å²) in [5.74, 6) is -1.96. The van der Waals surface area contributed by atoms with Crippen molar-refractivity contribution in [1.29, 1.82) is 5.26 Å². The second-order valence-electron chi connectivity index (χ2n) is 7.28. The van der Waals surface area contributed by atoms with E-state index < -0.39 is 53.5 Å². The van der Waals surface area contributed by atoms with E-state index in [1.807, 2.05) is 6.07 Å². The maximum atomic E-state index is 12.1. The van der Waals surface area contributed by atoms with Crippen LogP contribution in [0.5, 0.6) is 0 Å². The lowest BCUT2D eigenvalue weighted by molar-refractivity contribution is -0.258. The van der Waals surface area contributed by atoms with E-state index in [4.69, 9.17) is 25.0 Å². The highest BCUT2D eigenvalue weighted by atomic mass is 31.3. The maximum Gasteiger partial charge on any atom is 0.490 e. The molecule has 7 N–H and O–H groups in total. The van der Waals surface area contributed by atoms with E-state index in [2.05, 4.69) is 23.2 Å². The average Bonchev–Trinajstić information content (AvgIpc) is 3.24. The molecule has 6 atom stereocenters. The van der Waals surface area contributed by atoms with Gasteiger partial charge in [-0.05, 0) is 19.1 Å². The van der Waals surface area contributed by atoms with Gasteiger partial charge < -0.3 is 39.9 Å². The summed E-state index contributed by atoms with van der Waals surface area (Å²) in [6.07, 6.45) is -2.20. The van der Waals surface area contributed by atoms with Gasteiger partial charge in [-0.2, -0.15) is 19.0 Å². The van der Waals surface area contributed by atoms with Crippen molar-refractivity contribution in [2.45, 2.75) is 24.9 Å². The summed E-state index contributed by atoms with van der Waals surface area (Å²) in [6.45, 7) is 0.254. The van der Waals surface area contributed by atoms with Gasteiger partial charge in [-0.15, -0.1) is 0 Å². The topological polar surface area (TPSA) is 279 Å². The molecule has 1 fully saturated rings. The third-order valence-electron chi connectivity index (χ3n) is 5.10. The Labute approximate surface area is 196 Å². The molecule has 3 heterocycles. The van der Waals surface area contributed by atoms with Crippen molar-refractivity contribution >= 4 is 34.8 Å². The fourth-order valence-corrected chi connectivity index (χ4v) is 6.63. The maximum absolute atomic E-state index is 12.1. The van der Waals surface area contributed by atoms with Gasteiger partial charge in [-0.25, -0.2) is 23.2 Å². The standard InChI is InChI=1S/C14H20N5O13P3/c1-13(6-15)11(20)9(5-29-34(24,25)32-35(26,27)31-33(21,22)23)30-14(13,28-2)10-4-3-8-12(16)17-7-18-19(8)10/h3-4,7,9,11,20H,5H2,1-2H3,(H,24,25)(H,26,27)(H2,16,17,18)(H2,21,22,23)/t9-,11-,13-,14+/m0/s1. The van der Waals surface area contributed by atoms with Crippen molar-refractivity contribution in [3.8, 4) is 6.07 Å². The molecule has 2 aromatic heterocycles. The lowest BCUT2D eigenvalue weighted by atomic mass is 9.76. The summed E-state index contributed by atoms with van der Waals surface area (Å²) in [5.41, 5.74) is 4.34. The van der Waals surface area contributed by atoms with E-state index in [1.165, 1.54) is 23.6 Å². The van der Waals surface area contributed by atoms with E-state index in [0.717, 1.165) is 13.4 Å². The molecule has 0 saturated carbocycles. The Kier molecular flexibility index (Phi) is 7.35. The number of aliphatic hydroxyl groups excluding tert-OH is 1. The number of fused-ring (bicyclic) bond motifs is 1. The molecule has 21 heteroatoms. The Morgan fingerprint density at radius 2 is 1.89 bits per heavy atom. The monoisotopic (exact) mass is 559 g/mol.